The van der Waals surface area contributed by atoms with Crippen LogP contribution in [0.25, 0.3) is 22.0 Å². The molecule has 0 aliphatic carbocycles. The fraction of sp³-hybridized carbons (Fsp3) is 0.120. The Balaban J connectivity index is 1.54. The number of carboxylic acid groups (broad SMARTS) is 1. The lowest BCUT2D eigenvalue weighted by molar-refractivity contribution is -0.141. The van der Waals surface area contributed by atoms with Gasteiger partial charge in [0.2, 0.25) is 0 Å². The number of aromatic nitrogens is 1. The van der Waals surface area contributed by atoms with E-state index in [4.69, 9.17) is 0 Å². The molecule has 1 atom stereocenters. The number of carbonyl (C=O) groups excluding carboxylic acids is 1. The van der Waals surface area contributed by atoms with Crippen molar-refractivity contribution in [2.45, 2.75) is 12.8 Å². The average molecular weight is 401 g/mol. The number of hydrogen-bond donors (Lipinski definition) is 2. The lowest BCUT2D eigenvalue weighted by Gasteiger charge is -2.11. The van der Waals surface area contributed by atoms with Crippen LogP contribution >= 0.6 is 0 Å². The highest BCUT2D eigenvalue weighted by molar-refractivity contribution is 5.99. The van der Waals surface area contributed by atoms with Gasteiger partial charge >= 0.3 is 5.97 Å². The van der Waals surface area contributed by atoms with E-state index in [1.807, 2.05) is 48.5 Å². The number of hydrogen-bond acceptors (Lipinski definition) is 2. The molecule has 4 aromatic rings. The van der Waals surface area contributed by atoms with Crippen molar-refractivity contribution in [2.24, 2.45) is 5.92 Å². The fourth-order valence-corrected chi connectivity index (χ4v) is 3.66. The summed E-state index contributed by atoms with van der Waals surface area (Å²) in [4.78, 5) is 27.6. The summed E-state index contributed by atoms with van der Waals surface area (Å²) in [7, 11) is 0. The molecule has 0 unspecified atom stereocenters. The number of ketones is 1. The number of halogens is 1. The molecule has 0 spiro atoms. The first-order valence-corrected chi connectivity index (χ1v) is 9.69. The van der Waals surface area contributed by atoms with E-state index in [9.17, 15) is 19.1 Å². The predicted octanol–water partition coefficient (Wildman–Crippen LogP) is 5.49. The highest BCUT2D eigenvalue weighted by Crippen LogP contribution is 2.28. The summed E-state index contributed by atoms with van der Waals surface area (Å²) < 4.78 is 13.1. The van der Waals surface area contributed by atoms with Crippen LogP contribution in [0.4, 0.5) is 4.39 Å². The molecule has 30 heavy (non-hydrogen) atoms. The van der Waals surface area contributed by atoms with Crippen LogP contribution in [0.15, 0.2) is 78.9 Å². The van der Waals surface area contributed by atoms with Crippen molar-refractivity contribution in [2.75, 3.05) is 0 Å². The van der Waals surface area contributed by atoms with E-state index in [1.165, 1.54) is 12.1 Å². The van der Waals surface area contributed by atoms with Gasteiger partial charge in [0, 0.05) is 17.7 Å². The zero-order chi connectivity index (χ0) is 21.1. The van der Waals surface area contributed by atoms with Gasteiger partial charge in [-0.2, -0.15) is 0 Å². The Hall–Kier alpha value is -3.73. The number of carbonyl (C=O) groups is 2. The minimum atomic E-state index is -1.05. The molecule has 4 rings (SSSR count). The van der Waals surface area contributed by atoms with Crippen LogP contribution in [0.2, 0.25) is 0 Å². The molecule has 0 saturated heterocycles. The van der Waals surface area contributed by atoms with Crippen molar-refractivity contribution in [3.63, 3.8) is 0 Å². The van der Waals surface area contributed by atoms with Crippen molar-refractivity contribution in [3.8, 4) is 11.3 Å². The topological polar surface area (TPSA) is 70.2 Å². The van der Waals surface area contributed by atoms with Crippen molar-refractivity contribution >= 4 is 22.5 Å². The average Bonchev–Trinajstić information content (AvgIpc) is 3.24. The minimum Gasteiger partial charge on any atom is -0.481 e. The van der Waals surface area contributed by atoms with Crippen LogP contribution in [0.3, 0.4) is 0 Å². The van der Waals surface area contributed by atoms with Crippen molar-refractivity contribution in [3.05, 3.63) is 95.9 Å². The normalized spacial score (nSPS) is 12.0. The summed E-state index contributed by atoms with van der Waals surface area (Å²) in [6.07, 6.45) is 0.0282. The number of nitrogens with one attached hydrogen (secondary N) is 1. The van der Waals surface area contributed by atoms with E-state index in [1.54, 1.807) is 18.2 Å². The number of aromatic amines is 1. The molecule has 0 radical (unpaired) electrons. The van der Waals surface area contributed by atoms with Gasteiger partial charge in [-0.3, -0.25) is 9.59 Å². The second kappa shape index (κ2) is 8.33. The van der Waals surface area contributed by atoms with E-state index >= 15 is 0 Å². The standard InChI is InChI=1S/C25H20FNO3/c26-19-10-8-16(9-11-19)14-18(25(29)30)15-24(28)23-13-12-22(27-23)21-7-3-5-17-4-1-2-6-20(17)21/h1-13,18,27H,14-15H2,(H,29,30)/t18-/m1/s1. The Morgan fingerprint density at radius 3 is 2.40 bits per heavy atom. The highest BCUT2D eigenvalue weighted by Gasteiger charge is 2.23. The quantitative estimate of drug-likeness (QED) is 0.402. The van der Waals surface area contributed by atoms with Crippen LogP contribution in [-0.4, -0.2) is 21.8 Å². The van der Waals surface area contributed by atoms with E-state index < -0.39 is 11.9 Å². The Labute approximate surface area is 173 Å². The van der Waals surface area contributed by atoms with Crippen molar-refractivity contribution in [1.29, 1.82) is 0 Å². The summed E-state index contributed by atoms with van der Waals surface area (Å²) >= 11 is 0. The molecule has 0 fully saturated rings. The van der Waals surface area contributed by atoms with Gasteiger partial charge in [-0.15, -0.1) is 0 Å². The molecular formula is C25H20FNO3. The Morgan fingerprint density at radius 1 is 0.900 bits per heavy atom. The van der Waals surface area contributed by atoms with E-state index in [0.29, 0.717) is 11.3 Å². The Kier molecular flexibility index (Phi) is 5.44. The molecule has 2 N–H and O–H groups in total. The van der Waals surface area contributed by atoms with Crippen molar-refractivity contribution < 1.29 is 19.1 Å². The van der Waals surface area contributed by atoms with Gasteiger partial charge in [0.1, 0.15) is 5.82 Å². The van der Waals surface area contributed by atoms with Gasteiger partial charge in [-0.25, -0.2) is 4.39 Å². The van der Waals surface area contributed by atoms with Gasteiger partial charge in [-0.1, -0.05) is 54.6 Å². The molecular weight excluding hydrogens is 381 g/mol. The van der Waals surface area contributed by atoms with Gasteiger partial charge < -0.3 is 10.1 Å². The Morgan fingerprint density at radius 2 is 1.63 bits per heavy atom. The molecule has 1 heterocycles. The molecule has 0 amide bonds. The number of rotatable bonds is 7. The first-order valence-electron chi connectivity index (χ1n) is 9.69. The number of carboxylic acids is 1. The molecule has 5 heteroatoms. The molecule has 150 valence electrons. The lowest BCUT2D eigenvalue weighted by Crippen LogP contribution is -2.20. The van der Waals surface area contributed by atoms with Crippen LogP contribution in [0, 0.1) is 11.7 Å². The third-order valence-electron chi connectivity index (χ3n) is 5.24. The predicted molar refractivity (Wildman–Crippen MR) is 114 cm³/mol. The third kappa shape index (κ3) is 4.15. The Bertz CT molecular complexity index is 1210. The molecule has 0 aliphatic rings. The second-order valence-corrected chi connectivity index (χ2v) is 7.31. The monoisotopic (exact) mass is 401 g/mol. The molecule has 0 bridgehead atoms. The number of fused-ring (bicyclic) bond motifs is 1. The van der Waals surface area contributed by atoms with E-state index in [0.717, 1.165) is 22.0 Å². The fourth-order valence-electron chi connectivity index (χ4n) is 3.66. The maximum atomic E-state index is 13.1. The van der Waals surface area contributed by atoms with E-state index in [2.05, 4.69) is 4.98 Å². The second-order valence-electron chi connectivity index (χ2n) is 7.31. The van der Waals surface area contributed by atoms with Gasteiger partial charge in [-0.05, 0) is 47.0 Å². The van der Waals surface area contributed by atoms with Crippen molar-refractivity contribution in [1.82, 2.24) is 4.98 Å². The largest absolute Gasteiger partial charge is 0.481 e. The maximum absolute atomic E-state index is 13.1. The minimum absolute atomic E-state index is 0.137. The van der Waals surface area contributed by atoms with Crippen LogP contribution in [-0.2, 0) is 11.2 Å². The molecule has 1 aromatic heterocycles. The lowest BCUT2D eigenvalue weighted by atomic mass is 9.93. The van der Waals surface area contributed by atoms with Gasteiger partial charge in [0.15, 0.2) is 5.78 Å². The highest BCUT2D eigenvalue weighted by atomic mass is 19.1. The summed E-state index contributed by atoms with van der Waals surface area (Å²) in [5.41, 5.74) is 2.84. The van der Waals surface area contributed by atoms with Crippen LogP contribution in [0.5, 0.6) is 0 Å². The maximum Gasteiger partial charge on any atom is 0.307 e. The number of H-pyrrole nitrogens is 1. The summed E-state index contributed by atoms with van der Waals surface area (Å²) in [5, 5.41) is 11.7. The van der Waals surface area contributed by atoms with Crippen LogP contribution in [0.1, 0.15) is 22.5 Å². The summed E-state index contributed by atoms with van der Waals surface area (Å²) in [5.74, 6) is -2.58. The molecule has 4 nitrogen and oxygen atoms in total. The zero-order valence-electron chi connectivity index (χ0n) is 16.1. The molecule has 3 aromatic carbocycles. The first kappa shape index (κ1) is 19.6. The van der Waals surface area contributed by atoms with E-state index in [-0.39, 0.29) is 24.4 Å². The smallest absolute Gasteiger partial charge is 0.307 e. The van der Waals surface area contributed by atoms with Gasteiger partial charge in [0.05, 0.1) is 11.6 Å². The summed E-state index contributed by atoms with van der Waals surface area (Å²) in [6, 6.07) is 23.2. The summed E-state index contributed by atoms with van der Waals surface area (Å²) in [6.45, 7) is 0. The molecule has 0 saturated carbocycles. The number of benzene rings is 3. The third-order valence-corrected chi connectivity index (χ3v) is 5.24. The van der Waals surface area contributed by atoms with Gasteiger partial charge in [0.25, 0.3) is 0 Å². The molecule has 0 aliphatic heterocycles. The number of aliphatic carboxylic acids is 1. The SMILES string of the molecule is O=C(C[C@@H](Cc1ccc(F)cc1)C(=O)O)c1ccc(-c2cccc3ccccc23)[nH]1. The zero-order valence-corrected chi connectivity index (χ0v) is 16.1. The number of Topliss-reactive ketones (excluding diaryl/α,β-unsaturated/α-hetero) is 1. The van der Waals surface area contributed by atoms with Crippen LogP contribution < -0.4 is 0 Å². The first-order chi connectivity index (χ1) is 14.5.